The van der Waals surface area contributed by atoms with Gasteiger partial charge in [-0.25, -0.2) is 0 Å². The van der Waals surface area contributed by atoms with Crippen LogP contribution in [0.5, 0.6) is 0 Å². The van der Waals surface area contributed by atoms with E-state index in [0.29, 0.717) is 0 Å². The molecule has 4 heteroatoms. The number of benzene rings is 2. The van der Waals surface area contributed by atoms with E-state index in [1.807, 2.05) is 23.9 Å². The van der Waals surface area contributed by atoms with Gasteiger partial charge in [0.05, 0.1) is 0 Å². The molecule has 0 fully saturated rings. The molecule has 0 N–H and O–H groups in total. The minimum absolute atomic E-state index is 0.287. The third-order valence-electron chi connectivity index (χ3n) is 2.90. The summed E-state index contributed by atoms with van der Waals surface area (Å²) in [7, 11) is 3.29. The average molecular weight is 400 g/mol. The Morgan fingerprint density at radius 2 is 1.55 bits per heavy atom. The molecule has 0 aliphatic carbocycles. The summed E-state index contributed by atoms with van der Waals surface area (Å²) in [4.78, 5) is 1.25. The molecule has 2 aromatic rings. The van der Waals surface area contributed by atoms with Gasteiger partial charge in [-0.3, -0.25) is 0 Å². The Labute approximate surface area is 138 Å². The van der Waals surface area contributed by atoms with E-state index in [1.54, 1.807) is 14.2 Å². The van der Waals surface area contributed by atoms with Crippen LogP contribution in [-0.2, 0) is 15.2 Å². The third-order valence-corrected chi connectivity index (χ3v) is 4.70. The number of rotatable bonds is 6. The minimum atomic E-state index is -0.287. The summed E-state index contributed by atoms with van der Waals surface area (Å²) in [6, 6.07) is 16.9. The van der Waals surface area contributed by atoms with Crippen LogP contribution in [0.1, 0.15) is 17.4 Å². The molecule has 20 heavy (non-hydrogen) atoms. The second-order valence-corrected chi connectivity index (χ2v) is 6.58. The Kier molecular flexibility index (Phi) is 6.35. The molecule has 0 aromatic heterocycles. The average Bonchev–Trinajstić information content (AvgIpc) is 2.49. The van der Waals surface area contributed by atoms with Crippen LogP contribution < -0.4 is 0 Å². The van der Waals surface area contributed by atoms with Crippen LogP contribution in [-0.4, -0.2) is 14.2 Å². The van der Waals surface area contributed by atoms with Crippen LogP contribution in [0.15, 0.2) is 53.4 Å². The number of hydrogen-bond acceptors (Lipinski definition) is 3. The van der Waals surface area contributed by atoms with Crippen LogP contribution in [0.25, 0.3) is 0 Å². The highest BCUT2D eigenvalue weighted by Crippen LogP contribution is 2.25. The Bertz CT molecular complexity index is 521. The van der Waals surface area contributed by atoms with Gasteiger partial charge in [-0.05, 0) is 52.4 Å². The molecule has 0 amide bonds. The van der Waals surface area contributed by atoms with E-state index in [0.717, 1.165) is 11.3 Å². The molecule has 0 spiro atoms. The van der Waals surface area contributed by atoms with Gasteiger partial charge in [-0.2, -0.15) is 0 Å². The first-order valence-corrected chi connectivity index (χ1v) is 8.32. The van der Waals surface area contributed by atoms with Crippen LogP contribution in [0.3, 0.4) is 0 Å². The van der Waals surface area contributed by atoms with Gasteiger partial charge in [-0.15, -0.1) is 11.8 Å². The molecule has 2 nitrogen and oxygen atoms in total. The highest BCUT2D eigenvalue weighted by Gasteiger charge is 2.08. The first-order chi connectivity index (χ1) is 9.72. The van der Waals surface area contributed by atoms with E-state index in [-0.39, 0.29) is 6.29 Å². The van der Waals surface area contributed by atoms with Crippen LogP contribution >= 0.6 is 34.4 Å². The zero-order chi connectivity index (χ0) is 14.4. The van der Waals surface area contributed by atoms with E-state index >= 15 is 0 Å². The van der Waals surface area contributed by atoms with Crippen molar-refractivity contribution in [3.63, 3.8) is 0 Å². The van der Waals surface area contributed by atoms with Crippen molar-refractivity contribution in [1.29, 1.82) is 0 Å². The fourth-order valence-electron chi connectivity index (χ4n) is 1.84. The molecule has 0 aliphatic rings. The smallest absolute Gasteiger partial charge is 0.183 e. The molecular formula is C16H17IO2S. The summed E-state index contributed by atoms with van der Waals surface area (Å²) in [6.45, 7) is 0. The van der Waals surface area contributed by atoms with Gasteiger partial charge in [-0.1, -0.05) is 24.3 Å². The van der Waals surface area contributed by atoms with Gasteiger partial charge in [0.25, 0.3) is 0 Å². The van der Waals surface area contributed by atoms with Gasteiger partial charge >= 0.3 is 0 Å². The quantitative estimate of drug-likeness (QED) is 0.392. The molecule has 0 atom stereocenters. The van der Waals surface area contributed by atoms with Crippen molar-refractivity contribution in [2.24, 2.45) is 0 Å². The van der Waals surface area contributed by atoms with Crippen molar-refractivity contribution in [1.82, 2.24) is 0 Å². The summed E-state index contributed by atoms with van der Waals surface area (Å²) < 4.78 is 11.7. The van der Waals surface area contributed by atoms with Gasteiger partial charge in [0.1, 0.15) is 0 Å². The summed E-state index contributed by atoms with van der Waals surface area (Å²) in [5, 5.41) is 0. The molecule has 0 aliphatic heterocycles. The van der Waals surface area contributed by atoms with Gasteiger partial charge in [0.15, 0.2) is 6.29 Å². The van der Waals surface area contributed by atoms with Crippen molar-refractivity contribution in [2.45, 2.75) is 16.9 Å². The largest absolute Gasteiger partial charge is 0.352 e. The molecular weight excluding hydrogens is 383 g/mol. The SMILES string of the molecule is COC(OC)c1ccc(SCc2ccc(I)cc2)cc1. The molecule has 0 radical (unpaired) electrons. The lowest BCUT2D eigenvalue weighted by Gasteiger charge is -2.13. The van der Waals surface area contributed by atoms with Crippen molar-refractivity contribution >= 4 is 34.4 Å². The molecule has 2 aromatic carbocycles. The zero-order valence-electron chi connectivity index (χ0n) is 11.5. The zero-order valence-corrected chi connectivity index (χ0v) is 14.5. The lowest BCUT2D eigenvalue weighted by atomic mass is 10.2. The van der Waals surface area contributed by atoms with Crippen molar-refractivity contribution in [3.05, 3.63) is 63.2 Å². The Morgan fingerprint density at radius 1 is 0.950 bits per heavy atom. The first kappa shape index (κ1) is 15.8. The molecule has 0 unspecified atom stereocenters. The third kappa shape index (κ3) is 4.48. The fraction of sp³-hybridized carbons (Fsp3) is 0.250. The Hall–Kier alpha value is -0.560. The Morgan fingerprint density at radius 3 is 2.10 bits per heavy atom. The summed E-state index contributed by atoms with van der Waals surface area (Å²) >= 11 is 4.15. The standard InChI is InChI=1S/C16H17IO2S/c1-18-16(19-2)13-5-9-15(10-6-13)20-11-12-3-7-14(17)8-4-12/h3-10,16H,11H2,1-2H3. The summed E-state index contributed by atoms with van der Waals surface area (Å²) in [5.41, 5.74) is 2.37. The van der Waals surface area contributed by atoms with Crippen LogP contribution in [0.4, 0.5) is 0 Å². The maximum absolute atomic E-state index is 5.24. The number of methoxy groups -OCH3 is 2. The predicted octanol–water partition coefficient (Wildman–Crippen LogP) is 4.87. The topological polar surface area (TPSA) is 18.5 Å². The van der Waals surface area contributed by atoms with Gasteiger partial charge in [0.2, 0.25) is 0 Å². The van der Waals surface area contributed by atoms with E-state index in [1.165, 1.54) is 14.0 Å². The number of ether oxygens (including phenoxy) is 2. The summed E-state index contributed by atoms with van der Waals surface area (Å²) in [5.74, 6) is 0.980. The first-order valence-electron chi connectivity index (χ1n) is 6.25. The lowest BCUT2D eigenvalue weighted by Crippen LogP contribution is -2.02. The van der Waals surface area contributed by atoms with Gasteiger partial charge < -0.3 is 9.47 Å². The number of halogens is 1. The molecule has 2 rings (SSSR count). The predicted molar refractivity (Wildman–Crippen MR) is 91.9 cm³/mol. The number of thioether (sulfide) groups is 1. The Balaban J connectivity index is 1.95. The summed E-state index contributed by atoms with van der Waals surface area (Å²) in [6.07, 6.45) is -0.287. The normalized spacial score (nSPS) is 11.0. The second kappa shape index (κ2) is 8.02. The van der Waals surface area contributed by atoms with Crippen LogP contribution in [0, 0.1) is 3.57 Å². The highest BCUT2D eigenvalue weighted by atomic mass is 127. The number of hydrogen-bond donors (Lipinski definition) is 0. The second-order valence-electron chi connectivity index (χ2n) is 4.29. The van der Waals surface area contributed by atoms with E-state index in [9.17, 15) is 0 Å². The lowest BCUT2D eigenvalue weighted by molar-refractivity contribution is -0.106. The molecule has 106 valence electrons. The molecule has 0 bridgehead atoms. The monoisotopic (exact) mass is 400 g/mol. The van der Waals surface area contributed by atoms with E-state index in [4.69, 9.17) is 9.47 Å². The van der Waals surface area contributed by atoms with Crippen molar-refractivity contribution in [3.8, 4) is 0 Å². The molecule has 0 saturated carbocycles. The minimum Gasteiger partial charge on any atom is -0.352 e. The fourth-order valence-corrected chi connectivity index (χ4v) is 3.05. The van der Waals surface area contributed by atoms with Crippen LogP contribution in [0.2, 0.25) is 0 Å². The van der Waals surface area contributed by atoms with Crippen molar-refractivity contribution < 1.29 is 9.47 Å². The van der Waals surface area contributed by atoms with Gasteiger partial charge in [0, 0.05) is 34.0 Å². The van der Waals surface area contributed by atoms with E-state index < -0.39 is 0 Å². The molecule has 0 heterocycles. The maximum Gasteiger partial charge on any atom is 0.183 e. The van der Waals surface area contributed by atoms with Crippen molar-refractivity contribution in [2.75, 3.05) is 14.2 Å². The highest BCUT2D eigenvalue weighted by molar-refractivity contribution is 14.1. The maximum atomic E-state index is 5.24. The molecule has 0 saturated heterocycles. The van der Waals surface area contributed by atoms with E-state index in [2.05, 4.69) is 59.0 Å².